The van der Waals surface area contributed by atoms with Gasteiger partial charge in [0.25, 0.3) is 5.91 Å². The van der Waals surface area contributed by atoms with E-state index < -0.39 is 23.5 Å². The van der Waals surface area contributed by atoms with Gasteiger partial charge in [0.1, 0.15) is 5.76 Å². The van der Waals surface area contributed by atoms with Gasteiger partial charge in [0.2, 0.25) is 5.92 Å². The molecule has 7 heteroatoms. The lowest BCUT2D eigenvalue weighted by molar-refractivity contribution is -0.117. The third kappa shape index (κ3) is 3.62. The number of halogens is 2. The Morgan fingerprint density at radius 2 is 1.71 bits per heavy atom. The van der Waals surface area contributed by atoms with Gasteiger partial charge in [-0.2, -0.15) is 0 Å². The van der Waals surface area contributed by atoms with Crippen molar-refractivity contribution in [1.29, 1.82) is 0 Å². The van der Waals surface area contributed by atoms with Crippen LogP contribution in [0, 0.1) is 20.8 Å². The fraction of sp³-hybridized carbons (Fsp3) is 0.524. The molecular formula is C21H26F2N2O3. The summed E-state index contributed by atoms with van der Waals surface area (Å²) < 4.78 is 33.1. The Morgan fingerprint density at radius 3 is 2.32 bits per heavy atom. The van der Waals surface area contributed by atoms with Crippen LogP contribution < -0.4 is 10.6 Å². The monoisotopic (exact) mass is 392 g/mol. The summed E-state index contributed by atoms with van der Waals surface area (Å²) in [5.74, 6) is -3.01. The van der Waals surface area contributed by atoms with E-state index in [1.165, 1.54) is 0 Å². The number of alkyl halides is 2. The van der Waals surface area contributed by atoms with Crippen molar-refractivity contribution in [3.05, 3.63) is 40.1 Å². The van der Waals surface area contributed by atoms with E-state index >= 15 is 0 Å². The average molecular weight is 392 g/mol. The van der Waals surface area contributed by atoms with Gasteiger partial charge >= 0.3 is 6.09 Å². The molecule has 1 fully saturated rings. The maximum atomic E-state index is 13.8. The average Bonchev–Trinajstić information content (AvgIpc) is 2.86. The Balaban J connectivity index is 2.13. The first-order valence-corrected chi connectivity index (χ1v) is 9.57. The minimum atomic E-state index is -2.77. The Kier molecular flexibility index (Phi) is 5.21. The molecule has 2 amide bonds. The molecule has 1 spiro atoms. The fourth-order valence-electron chi connectivity index (χ4n) is 3.97. The molecule has 1 heterocycles. The summed E-state index contributed by atoms with van der Waals surface area (Å²) in [6, 6.07) is 3.85. The van der Waals surface area contributed by atoms with Crippen LogP contribution in [0.5, 0.6) is 0 Å². The second-order valence-corrected chi connectivity index (χ2v) is 7.77. The van der Waals surface area contributed by atoms with E-state index in [1.807, 2.05) is 32.9 Å². The van der Waals surface area contributed by atoms with Crippen LogP contribution in [0.3, 0.4) is 0 Å². The number of benzene rings is 1. The number of carbonyl (C=O) groups is 2. The summed E-state index contributed by atoms with van der Waals surface area (Å²) >= 11 is 0. The molecule has 0 aromatic heterocycles. The first kappa shape index (κ1) is 20.3. The predicted octanol–water partition coefficient (Wildman–Crippen LogP) is 4.15. The minimum absolute atomic E-state index is 0.0217. The van der Waals surface area contributed by atoms with E-state index in [-0.39, 0.29) is 37.0 Å². The van der Waals surface area contributed by atoms with Crippen molar-refractivity contribution in [1.82, 2.24) is 10.6 Å². The molecule has 5 nitrogen and oxygen atoms in total. The number of amides is 2. The molecule has 0 saturated heterocycles. The number of carbonyl (C=O) groups excluding carboxylic acids is 2. The number of aryl methyl sites for hydroxylation is 3. The summed E-state index contributed by atoms with van der Waals surface area (Å²) in [6.07, 6.45) is -1.38. The van der Waals surface area contributed by atoms with Crippen LogP contribution in [-0.2, 0) is 9.53 Å². The van der Waals surface area contributed by atoms with Gasteiger partial charge in [0.15, 0.2) is 0 Å². The van der Waals surface area contributed by atoms with E-state index in [4.69, 9.17) is 4.74 Å². The molecule has 2 aliphatic rings. The second kappa shape index (κ2) is 7.18. The molecule has 0 bridgehead atoms. The highest BCUT2D eigenvalue weighted by Gasteiger charge is 2.53. The summed E-state index contributed by atoms with van der Waals surface area (Å²) in [4.78, 5) is 25.1. The van der Waals surface area contributed by atoms with Gasteiger partial charge in [-0.15, -0.1) is 0 Å². The Labute approximate surface area is 163 Å². The SMILES string of the molecule is CCNC(=O)OC1=C(c2cc(C)c(C)cc2C)C(=O)NC12CCC(F)(F)CC2. The molecule has 28 heavy (non-hydrogen) atoms. The van der Waals surface area contributed by atoms with Crippen LogP contribution in [0.25, 0.3) is 5.57 Å². The van der Waals surface area contributed by atoms with Gasteiger partial charge in [0, 0.05) is 19.4 Å². The number of nitrogens with one attached hydrogen (secondary N) is 2. The van der Waals surface area contributed by atoms with Gasteiger partial charge in [-0.25, -0.2) is 13.6 Å². The molecule has 1 aliphatic heterocycles. The molecule has 1 aliphatic carbocycles. The van der Waals surface area contributed by atoms with Crippen molar-refractivity contribution in [2.24, 2.45) is 0 Å². The van der Waals surface area contributed by atoms with E-state index in [9.17, 15) is 18.4 Å². The van der Waals surface area contributed by atoms with Crippen LogP contribution in [0.4, 0.5) is 13.6 Å². The molecule has 0 atom stereocenters. The van der Waals surface area contributed by atoms with E-state index in [0.29, 0.717) is 12.1 Å². The Morgan fingerprint density at radius 1 is 1.11 bits per heavy atom. The van der Waals surface area contributed by atoms with Crippen LogP contribution in [0.15, 0.2) is 17.9 Å². The third-order valence-electron chi connectivity index (χ3n) is 5.70. The maximum Gasteiger partial charge on any atom is 0.412 e. The summed E-state index contributed by atoms with van der Waals surface area (Å²) in [6.45, 7) is 7.90. The normalized spacial score (nSPS) is 20.3. The van der Waals surface area contributed by atoms with Crippen molar-refractivity contribution in [3.8, 4) is 0 Å². The van der Waals surface area contributed by atoms with E-state index in [1.54, 1.807) is 6.92 Å². The second-order valence-electron chi connectivity index (χ2n) is 7.77. The topological polar surface area (TPSA) is 67.4 Å². The zero-order valence-electron chi connectivity index (χ0n) is 16.7. The number of hydrogen-bond donors (Lipinski definition) is 2. The summed E-state index contributed by atoms with van der Waals surface area (Å²) in [5, 5.41) is 5.41. The lowest BCUT2D eigenvalue weighted by atomic mass is 9.78. The molecule has 1 aromatic rings. The first-order valence-electron chi connectivity index (χ1n) is 9.57. The third-order valence-corrected chi connectivity index (χ3v) is 5.70. The van der Waals surface area contributed by atoms with Crippen molar-refractivity contribution >= 4 is 17.6 Å². The quantitative estimate of drug-likeness (QED) is 0.812. The van der Waals surface area contributed by atoms with Gasteiger partial charge in [-0.1, -0.05) is 12.1 Å². The summed E-state index contributed by atoms with van der Waals surface area (Å²) in [5.41, 5.74) is 2.78. The zero-order valence-corrected chi connectivity index (χ0v) is 16.7. The molecule has 0 unspecified atom stereocenters. The maximum absolute atomic E-state index is 13.8. The molecule has 1 aromatic carbocycles. The zero-order chi connectivity index (χ0) is 20.7. The van der Waals surface area contributed by atoms with Crippen molar-refractivity contribution in [3.63, 3.8) is 0 Å². The largest absolute Gasteiger partial charge is 0.412 e. The van der Waals surface area contributed by atoms with Crippen LogP contribution in [0.2, 0.25) is 0 Å². The number of ether oxygens (including phenoxy) is 1. The van der Waals surface area contributed by atoms with Crippen LogP contribution in [-0.4, -0.2) is 30.0 Å². The number of hydrogen-bond acceptors (Lipinski definition) is 3. The molecular weight excluding hydrogens is 366 g/mol. The van der Waals surface area contributed by atoms with Crippen molar-refractivity contribution in [2.45, 2.75) is 64.8 Å². The van der Waals surface area contributed by atoms with E-state index in [2.05, 4.69) is 10.6 Å². The number of alkyl carbamates (subject to hydrolysis) is 1. The molecule has 0 radical (unpaired) electrons. The highest BCUT2D eigenvalue weighted by atomic mass is 19.3. The van der Waals surface area contributed by atoms with Crippen molar-refractivity contribution < 1.29 is 23.1 Å². The summed E-state index contributed by atoms with van der Waals surface area (Å²) in [7, 11) is 0. The molecule has 1 saturated carbocycles. The van der Waals surface area contributed by atoms with Crippen LogP contribution in [0.1, 0.15) is 54.9 Å². The Hall–Kier alpha value is -2.44. The van der Waals surface area contributed by atoms with Gasteiger partial charge < -0.3 is 15.4 Å². The van der Waals surface area contributed by atoms with Gasteiger partial charge in [-0.3, -0.25) is 4.79 Å². The minimum Gasteiger partial charge on any atom is -0.411 e. The Bertz CT molecular complexity index is 851. The number of rotatable bonds is 3. The first-order chi connectivity index (χ1) is 13.1. The van der Waals surface area contributed by atoms with E-state index in [0.717, 1.165) is 16.7 Å². The van der Waals surface area contributed by atoms with Crippen molar-refractivity contribution in [2.75, 3.05) is 6.54 Å². The van der Waals surface area contributed by atoms with Gasteiger partial charge in [-0.05, 0) is 62.8 Å². The standard InChI is InChI=1S/C21H26F2N2O3/c1-5-24-19(27)28-17-16(15-11-13(3)12(2)10-14(15)4)18(26)25-20(17)6-8-21(22,23)9-7-20/h10-11H,5-9H2,1-4H3,(H,24,27)(H,25,26). The predicted molar refractivity (Wildman–Crippen MR) is 102 cm³/mol. The lowest BCUT2D eigenvalue weighted by Gasteiger charge is -2.38. The highest BCUT2D eigenvalue weighted by molar-refractivity contribution is 6.24. The van der Waals surface area contributed by atoms with Crippen LogP contribution >= 0.6 is 0 Å². The smallest absolute Gasteiger partial charge is 0.411 e. The molecule has 152 valence electrons. The lowest BCUT2D eigenvalue weighted by Crippen LogP contribution is -2.50. The molecule has 3 rings (SSSR count). The van der Waals surface area contributed by atoms with Gasteiger partial charge in [0.05, 0.1) is 11.1 Å². The highest BCUT2D eigenvalue weighted by Crippen LogP contribution is 2.47. The molecule has 2 N–H and O–H groups in total. The fourth-order valence-corrected chi connectivity index (χ4v) is 3.97.